The molecule has 5 heteroatoms. The maximum Gasteiger partial charge on any atom is 0.316 e. The van der Waals surface area contributed by atoms with Crippen molar-refractivity contribution in [1.82, 2.24) is 0 Å². The van der Waals surface area contributed by atoms with Crippen molar-refractivity contribution in [3.05, 3.63) is 34.6 Å². The number of ketones is 1. The van der Waals surface area contributed by atoms with Gasteiger partial charge in [-0.1, -0.05) is 17.7 Å². The molecule has 1 aromatic carbocycles. The molecule has 3 nitrogen and oxygen atoms in total. The lowest BCUT2D eigenvalue weighted by Crippen LogP contribution is -2.24. The monoisotopic (exact) mass is 284 g/mol. The van der Waals surface area contributed by atoms with E-state index < -0.39 is 23.6 Å². The Labute approximate surface area is 115 Å². The first-order chi connectivity index (χ1) is 9.04. The summed E-state index contributed by atoms with van der Waals surface area (Å²) in [6.45, 7) is 1.93. The molecule has 1 aliphatic carbocycles. The number of ether oxygens (including phenoxy) is 1. The second kappa shape index (κ2) is 5.70. The highest BCUT2D eigenvalue weighted by atomic mass is 35.5. The van der Waals surface area contributed by atoms with Crippen molar-refractivity contribution in [2.45, 2.75) is 25.7 Å². The van der Waals surface area contributed by atoms with Gasteiger partial charge in [-0.25, -0.2) is 4.39 Å². The smallest absolute Gasteiger partial charge is 0.316 e. The minimum atomic E-state index is -0.764. The van der Waals surface area contributed by atoms with E-state index in [1.165, 1.54) is 12.1 Å². The molecule has 0 N–H and O–H groups in total. The summed E-state index contributed by atoms with van der Waals surface area (Å²) in [7, 11) is 0. The summed E-state index contributed by atoms with van der Waals surface area (Å²) in [5.74, 6) is -2.62. The minimum absolute atomic E-state index is 0.239. The summed E-state index contributed by atoms with van der Waals surface area (Å²) in [6, 6.07) is 4.24. The molecule has 1 aliphatic rings. The van der Waals surface area contributed by atoms with Gasteiger partial charge in [0.2, 0.25) is 0 Å². The number of carbonyl (C=O) groups is 2. The Morgan fingerprint density at radius 1 is 1.47 bits per heavy atom. The third kappa shape index (κ3) is 2.78. The van der Waals surface area contributed by atoms with Crippen molar-refractivity contribution in [3.63, 3.8) is 0 Å². The topological polar surface area (TPSA) is 43.4 Å². The van der Waals surface area contributed by atoms with E-state index in [1.807, 2.05) is 0 Å². The van der Waals surface area contributed by atoms with Crippen molar-refractivity contribution in [2.24, 2.45) is 5.92 Å². The number of rotatable bonds is 3. The van der Waals surface area contributed by atoms with E-state index in [-0.39, 0.29) is 17.4 Å². The third-order valence-electron chi connectivity index (χ3n) is 3.34. The first-order valence-corrected chi connectivity index (χ1v) is 6.57. The van der Waals surface area contributed by atoms with Crippen LogP contribution in [0, 0.1) is 11.7 Å². The van der Waals surface area contributed by atoms with Crippen LogP contribution in [0.1, 0.15) is 31.2 Å². The van der Waals surface area contributed by atoms with Gasteiger partial charge in [-0.2, -0.15) is 0 Å². The predicted molar refractivity (Wildman–Crippen MR) is 68.5 cm³/mol. The van der Waals surface area contributed by atoms with E-state index in [9.17, 15) is 14.0 Å². The lowest BCUT2D eigenvalue weighted by Gasteiger charge is -2.11. The molecule has 0 bridgehead atoms. The average molecular weight is 285 g/mol. The fourth-order valence-corrected chi connectivity index (χ4v) is 2.59. The molecule has 0 aromatic heterocycles. The van der Waals surface area contributed by atoms with E-state index in [0.717, 1.165) is 0 Å². The highest BCUT2D eigenvalue weighted by Crippen LogP contribution is 2.37. The van der Waals surface area contributed by atoms with Crippen LogP contribution in [0.5, 0.6) is 0 Å². The van der Waals surface area contributed by atoms with E-state index in [1.54, 1.807) is 13.0 Å². The Hall–Kier alpha value is -1.42. The maximum absolute atomic E-state index is 13.8. The molecule has 1 aromatic rings. The van der Waals surface area contributed by atoms with Crippen LogP contribution >= 0.6 is 11.6 Å². The van der Waals surface area contributed by atoms with E-state index in [4.69, 9.17) is 16.3 Å². The number of benzene rings is 1. The van der Waals surface area contributed by atoms with Gasteiger partial charge in [0.1, 0.15) is 11.7 Å². The van der Waals surface area contributed by atoms with E-state index >= 15 is 0 Å². The molecule has 0 amide bonds. The van der Waals surface area contributed by atoms with Crippen molar-refractivity contribution in [1.29, 1.82) is 0 Å². The van der Waals surface area contributed by atoms with Crippen LogP contribution in [0.25, 0.3) is 0 Å². The Morgan fingerprint density at radius 3 is 2.84 bits per heavy atom. The van der Waals surface area contributed by atoms with Crippen molar-refractivity contribution >= 4 is 23.4 Å². The van der Waals surface area contributed by atoms with Gasteiger partial charge in [0.15, 0.2) is 5.78 Å². The Bertz CT molecular complexity index is 515. The van der Waals surface area contributed by atoms with Crippen molar-refractivity contribution in [3.8, 4) is 0 Å². The number of halogens is 2. The lowest BCUT2D eigenvalue weighted by atomic mass is 9.94. The number of Topliss-reactive ketones (excluding diaryl/α,β-unsaturated/α-hetero) is 1. The zero-order valence-electron chi connectivity index (χ0n) is 10.5. The van der Waals surface area contributed by atoms with Gasteiger partial charge >= 0.3 is 5.97 Å². The minimum Gasteiger partial charge on any atom is -0.465 e. The molecule has 1 saturated carbocycles. The summed E-state index contributed by atoms with van der Waals surface area (Å²) < 4.78 is 18.7. The van der Waals surface area contributed by atoms with Gasteiger partial charge in [0.25, 0.3) is 0 Å². The molecule has 0 spiro atoms. The van der Waals surface area contributed by atoms with E-state index in [0.29, 0.717) is 18.4 Å². The standard InChI is InChI=1S/C14H14ClFO3/c1-2-19-14(18)11-6-5-10(13(11)17)9-4-3-8(15)7-12(9)16/h3-4,7,10-11H,2,5-6H2,1H3. The number of esters is 1. The van der Waals surface area contributed by atoms with Crippen LogP contribution in [-0.2, 0) is 14.3 Å². The molecule has 0 aliphatic heterocycles. The van der Waals surface area contributed by atoms with Crippen LogP contribution in [0.15, 0.2) is 18.2 Å². The molecule has 2 atom stereocenters. The quantitative estimate of drug-likeness (QED) is 0.633. The summed E-state index contributed by atoms with van der Waals surface area (Å²) in [5, 5.41) is 0.286. The number of hydrogen-bond donors (Lipinski definition) is 0. The molecule has 2 unspecified atom stereocenters. The zero-order valence-corrected chi connectivity index (χ0v) is 11.2. The SMILES string of the molecule is CCOC(=O)C1CCC(c2ccc(Cl)cc2F)C1=O. The molecule has 1 fully saturated rings. The lowest BCUT2D eigenvalue weighted by molar-refractivity contribution is -0.150. The van der Waals surface area contributed by atoms with Gasteiger partial charge < -0.3 is 4.74 Å². The molecular formula is C14H14ClFO3. The van der Waals surface area contributed by atoms with Crippen LogP contribution in [0.4, 0.5) is 4.39 Å². The fraction of sp³-hybridized carbons (Fsp3) is 0.429. The largest absolute Gasteiger partial charge is 0.465 e. The molecule has 102 valence electrons. The van der Waals surface area contributed by atoms with Crippen LogP contribution < -0.4 is 0 Å². The summed E-state index contributed by atoms with van der Waals surface area (Å²) >= 11 is 5.68. The fourth-order valence-electron chi connectivity index (χ4n) is 2.43. The van der Waals surface area contributed by atoms with Gasteiger partial charge in [0, 0.05) is 10.9 Å². The Morgan fingerprint density at radius 2 is 2.21 bits per heavy atom. The first-order valence-electron chi connectivity index (χ1n) is 6.20. The number of hydrogen-bond acceptors (Lipinski definition) is 3. The first kappa shape index (κ1) is 14.0. The average Bonchev–Trinajstić information content (AvgIpc) is 2.72. The molecule has 0 radical (unpaired) electrons. The maximum atomic E-state index is 13.8. The Balaban J connectivity index is 2.20. The normalized spacial score (nSPS) is 22.6. The zero-order chi connectivity index (χ0) is 14.0. The van der Waals surface area contributed by atoms with Crippen LogP contribution in [0.2, 0.25) is 5.02 Å². The van der Waals surface area contributed by atoms with Crippen LogP contribution in [0.3, 0.4) is 0 Å². The molecule has 0 saturated heterocycles. The van der Waals surface area contributed by atoms with Crippen LogP contribution in [-0.4, -0.2) is 18.4 Å². The van der Waals surface area contributed by atoms with Crippen molar-refractivity contribution in [2.75, 3.05) is 6.61 Å². The highest BCUT2D eigenvalue weighted by Gasteiger charge is 2.41. The van der Waals surface area contributed by atoms with Crippen molar-refractivity contribution < 1.29 is 18.7 Å². The Kier molecular flexibility index (Phi) is 4.20. The third-order valence-corrected chi connectivity index (χ3v) is 3.58. The summed E-state index contributed by atoms with van der Waals surface area (Å²) in [6.07, 6.45) is 0.866. The number of carbonyl (C=O) groups excluding carboxylic acids is 2. The predicted octanol–water partition coefficient (Wildman–Crippen LogP) is 3.10. The summed E-state index contributed by atoms with van der Waals surface area (Å²) in [4.78, 5) is 23.8. The highest BCUT2D eigenvalue weighted by molar-refractivity contribution is 6.30. The molecule has 2 rings (SSSR count). The second-order valence-corrected chi connectivity index (χ2v) is 4.94. The van der Waals surface area contributed by atoms with Gasteiger partial charge in [0.05, 0.1) is 6.61 Å². The second-order valence-electron chi connectivity index (χ2n) is 4.50. The molecule has 0 heterocycles. The molecular weight excluding hydrogens is 271 g/mol. The van der Waals surface area contributed by atoms with Gasteiger partial charge in [-0.3, -0.25) is 9.59 Å². The summed E-state index contributed by atoms with van der Waals surface area (Å²) in [5.41, 5.74) is 0.307. The van der Waals surface area contributed by atoms with E-state index in [2.05, 4.69) is 0 Å². The van der Waals surface area contributed by atoms with Gasteiger partial charge in [-0.05, 0) is 37.5 Å². The molecule has 19 heavy (non-hydrogen) atoms. The van der Waals surface area contributed by atoms with Gasteiger partial charge in [-0.15, -0.1) is 0 Å².